The first-order chi connectivity index (χ1) is 7.74. The van der Waals surface area contributed by atoms with Crippen molar-refractivity contribution >= 4 is 0 Å². The van der Waals surface area contributed by atoms with Gasteiger partial charge < -0.3 is 15.2 Å². The van der Waals surface area contributed by atoms with Crippen LogP contribution in [0, 0.1) is 6.92 Å². The van der Waals surface area contributed by atoms with E-state index < -0.39 is 0 Å². The van der Waals surface area contributed by atoms with Gasteiger partial charge in [0.15, 0.2) is 0 Å². The normalized spacial score (nSPS) is 12.4. The molecule has 90 valence electrons. The van der Waals surface area contributed by atoms with Gasteiger partial charge in [0.1, 0.15) is 5.75 Å². The van der Waals surface area contributed by atoms with Crippen molar-refractivity contribution in [3.63, 3.8) is 0 Å². The minimum absolute atomic E-state index is 0.137. The van der Waals surface area contributed by atoms with E-state index in [0.29, 0.717) is 19.8 Å². The largest absolute Gasteiger partial charge is 0.493 e. The van der Waals surface area contributed by atoms with Gasteiger partial charge in [0.2, 0.25) is 0 Å². The minimum atomic E-state index is 0.137. The van der Waals surface area contributed by atoms with E-state index in [2.05, 4.69) is 0 Å². The van der Waals surface area contributed by atoms with Crippen molar-refractivity contribution in [1.29, 1.82) is 0 Å². The van der Waals surface area contributed by atoms with Gasteiger partial charge in [-0.05, 0) is 25.5 Å². The predicted molar refractivity (Wildman–Crippen MR) is 65.8 cm³/mol. The van der Waals surface area contributed by atoms with Crippen LogP contribution in [-0.2, 0) is 4.74 Å². The van der Waals surface area contributed by atoms with E-state index in [1.165, 1.54) is 5.56 Å². The molecule has 0 spiro atoms. The molecule has 0 heterocycles. The molecule has 0 amide bonds. The molecule has 2 N–H and O–H groups in total. The highest BCUT2D eigenvalue weighted by Gasteiger charge is 1.99. The molecule has 0 aliphatic heterocycles. The molecule has 0 saturated carbocycles. The summed E-state index contributed by atoms with van der Waals surface area (Å²) in [6.45, 7) is 5.97. The molecule has 1 unspecified atom stereocenters. The Morgan fingerprint density at radius 1 is 1.25 bits per heavy atom. The summed E-state index contributed by atoms with van der Waals surface area (Å²) in [5.41, 5.74) is 6.61. The second kappa shape index (κ2) is 7.25. The zero-order valence-electron chi connectivity index (χ0n) is 10.1. The molecule has 0 fully saturated rings. The van der Waals surface area contributed by atoms with E-state index in [1.54, 1.807) is 0 Å². The molecule has 0 aliphatic carbocycles. The Balaban J connectivity index is 2.14. The Morgan fingerprint density at radius 2 is 2.00 bits per heavy atom. The Kier molecular flexibility index (Phi) is 5.90. The molecule has 1 atom stereocenters. The third-order valence-electron chi connectivity index (χ3n) is 2.37. The molecule has 3 heteroatoms. The molecular weight excluding hydrogens is 202 g/mol. The molecule has 1 rings (SSSR count). The van der Waals surface area contributed by atoms with E-state index in [1.807, 2.05) is 38.1 Å². The quantitative estimate of drug-likeness (QED) is 0.720. The first-order valence-corrected chi connectivity index (χ1v) is 5.74. The molecule has 3 nitrogen and oxygen atoms in total. The van der Waals surface area contributed by atoms with Gasteiger partial charge in [-0.3, -0.25) is 0 Å². The van der Waals surface area contributed by atoms with Crippen LogP contribution in [0.4, 0.5) is 0 Å². The van der Waals surface area contributed by atoms with Crippen molar-refractivity contribution < 1.29 is 9.47 Å². The summed E-state index contributed by atoms with van der Waals surface area (Å²) in [5, 5.41) is 0. The van der Waals surface area contributed by atoms with Crippen LogP contribution < -0.4 is 10.5 Å². The molecule has 0 aromatic heterocycles. The van der Waals surface area contributed by atoms with Crippen molar-refractivity contribution in [3.8, 4) is 5.75 Å². The molecule has 1 aromatic rings. The van der Waals surface area contributed by atoms with Crippen molar-refractivity contribution in [3.05, 3.63) is 29.8 Å². The van der Waals surface area contributed by atoms with E-state index in [-0.39, 0.29) is 6.10 Å². The summed E-state index contributed by atoms with van der Waals surface area (Å²) in [4.78, 5) is 0. The number of benzene rings is 1. The van der Waals surface area contributed by atoms with Crippen molar-refractivity contribution in [2.75, 3.05) is 19.8 Å². The molecule has 16 heavy (non-hydrogen) atoms. The van der Waals surface area contributed by atoms with Crippen molar-refractivity contribution in [2.45, 2.75) is 26.4 Å². The van der Waals surface area contributed by atoms with Gasteiger partial charge in [-0.1, -0.05) is 18.2 Å². The van der Waals surface area contributed by atoms with Gasteiger partial charge in [0.25, 0.3) is 0 Å². The fourth-order valence-corrected chi connectivity index (χ4v) is 1.31. The number of hydrogen-bond donors (Lipinski definition) is 1. The van der Waals surface area contributed by atoms with Gasteiger partial charge in [-0.25, -0.2) is 0 Å². The molecule has 1 aromatic carbocycles. The summed E-state index contributed by atoms with van der Waals surface area (Å²) in [7, 11) is 0. The third-order valence-corrected chi connectivity index (χ3v) is 2.37. The number of ether oxygens (including phenoxy) is 2. The van der Waals surface area contributed by atoms with E-state index >= 15 is 0 Å². The van der Waals surface area contributed by atoms with Gasteiger partial charge in [-0.2, -0.15) is 0 Å². The zero-order valence-corrected chi connectivity index (χ0v) is 10.1. The highest BCUT2D eigenvalue weighted by atomic mass is 16.5. The molecule has 0 aliphatic rings. The van der Waals surface area contributed by atoms with Gasteiger partial charge in [0.05, 0.1) is 19.3 Å². The number of rotatable bonds is 7. The van der Waals surface area contributed by atoms with Crippen LogP contribution >= 0.6 is 0 Å². The Morgan fingerprint density at radius 3 is 2.69 bits per heavy atom. The van der Waals surface area contributed by atoms with E-state index in [0.717, 1.165) is 12.2 Å². The summed E-state index contributed by atoms with van der Waals surface area (Å²) in [6, 6.07) is 8.02. The summed E-state index contributed by atoms with van der Waals surface area (Å²) >= 11 is 0. The van der Waals surface area contributed by atoms with Crippen LogP contribution in [0.3, 0.4) is 0 Å². The maximum Gasteiger partial charge on any atom is 0.122 e. The van der Waals surface area contributed by atoms with Crippen LogP contribution in [0.5, 0.6) is 5.75 Å². The van der Waals surface area contributed by atoms with Crippen LogP contribution in [-0.4, -0.2) is 25.9 Å². The van der Waals surface area contributed by atoms with E-state index in [4.69, 9.17) is 15.2 Å². The highest BCUT2D eigenvalue weighted by molar-refractivity contribution is 5.31. The first-order valence-electron chi connectivity index (χ1n) is 5.74. The van der Waals surface area contributed by atoms with Crippen LogP contribution in [0.15, 0.2) is 24.3 Å². The highest BCUT2D eigenvalue weighted by Crippen LogP contribution is 2.16. The standard InChI is InChI=1S/C13H21NO2/c1-11-6-3-4-7-13(11)16-9-5-8-15-12(2)10-14/h3-4,6-7,12H,5,8-10,14H2,1-2H3. The molecule has 0 bridgehead atoms. The predicted octanol–water partition coefficient (Wildman–Crippen LogP) is 2.13. The third kappa shape index (κ3) is 4.64. The molecule has 0 radical (unpaired) electrons. The molecular formula is C13H21NO2. The second-order valence-corrected chi connectivity index (χ2v) is 3.88. The second-order valence-electron chi connectivity index (χ2n) is 3.88. The monoisotopic (exact) mass is 223 g/mol. The molecule has 0 saturated heterocycles. The zero-order chi connectivity index (χ0) is 11.8. The van der Waals surface area contributed by atoms with E-state index in [9.17, 15) is 0 Å². The van der Waals surface area contributed by atoms with Crippen molar-refractivity contribution in [2.24, 2.45) is 5.73 Å². The van der Waals surface area contributed by atoms with Crippen LogP contribution in [0.1, 0.15) is 18.9 Å². The van der Waals surface area contributed by atoms with Gasteiger partial charge in [-0.15, -0.1) is 0 Å². The Labute approximate surface area is 97.6 Å². The number of aryl methyl sites for hydroxylation is 1. The average Bonchev–Trinajstić information content (AvgIpc) is 2.30. The topological polar surface area (TPSA) is 44.5 Å². The summed E-state index contributed by atoms with van der Waals surface area (Å²) in [5.74, 6) is 0.953. The lowest BCUT2D eigenvalue weighted by Gasteiger charge is -2.11. The number of para-hydroxylation sites is 1. The number of nitrogens with two attached hydrogens (primary N) is 1. The fourth-order valence-electron chi connectivity index (χ4n) is 1.31. The summed E-state index contributed by atoms with van der Waals surface area (Å²) in [6.07, 6.45) is 1.03. The lowest BCUT2D eigenvalue weighted by molar-refractivity contribution is 0.0630. The first kappa shape index (κ1) is 13.0. The fraction of sp³-hybridized carbons (Fsp3) is 0.538. The maximum absolute atomic E-state index is 5.64. The Bertz CT molecular complexity index is 302. The SMILES string of the molecule is Cc1ccccc1OCCCOC(C)CN. The van der Waals surface area contributed by atoms with Crippen LogP contribution in [0.2, 0.25) is 0 Å². The van der Waals surface area contributed by atoms with Gasteiger partial charge in [0, 0.05) is 13.0 Å². The lowest BCUT2D eigenvalue weighted by atomic mass is 10.2. The average molecular weight is 223 g/mol. The van der Waals surface area contributed by atoms with Crippen LogP contribution in [0.25, 0.3) is 0 Å². The Hall–Kier alpha value is -1.06. The summed E-state index contributed by atoms with van der Waals surface area (Å²) < 4.78 is 11.1. The smallest absolute Gasteiger partial charge is 0.122 e. The maximum atomic E-state index is 5.64. The van der Waals surface area contributed by atoms with Crippen molar-refractivity contribution in [1.82, 2.24) is 0 Å². The minimum Gasteiger partial charge on any atom is -0.493 e. The lowest BCUT2D eigenvalue weighted by Crippen LogP contribution is -2.21. The van der Waals surface area contributed by atoms with Gasteiger partial charge >= 0.3 is 0 Å². The number of hydrogen-bond acceptors (Lipinski definition) is 3.